The summed E-state index contributed by atoms with van der Waals surface area (Å²) in [7, 11) is 0. The molecule has 7 rings (SSSR count). The zero-order chi connectivity index (χ0) is 33.5. The van der Waals surface area contributed by atoms with Gasteiger partial charge >= 0.3 is 17.9 Å². The molecule has 7 fully saturated rings. The Morgan fingerprint density at radius 1 is 0.826 bits per heavy atom. The molecular formula is C37H56O9. The maximum Gasteiger partial charge on any atom is 0.305 e. The lowest BCUT2D eigenvalue weighted by Crippen LogP contribution is -2.63. The molecule has 3 spiro atoms. The van der Waals surface area contributed by atoms with Crippen LogP contribution in [0.3, 0.4) is 0 Å². The van der Waals surface area contributed by atoms with Gasteiger partial charge < -0.3 is 28.8 Å². The van der Waals surface area contributed by atoms with Crippen LogP contribution in [-0.2, 0) is 38.1 Å². The summed E-state index contributed by atoms with van der Waals surface area (Å²) in [6.07, 6.45) is 6.93. The Labute approximate surface area is 274 Å². The molecule has 0 aromatic rings. The van der Waals surface area contributed by atoms with Gasteiger partial charge in [0.05, 0.1) is 12.2 Å². The molecule has 0 aromatic carbocycles. The van der Waals surface area contributed by atoms with Crippen molar-refractivity contribution >= 4 is 17.9 Å². The fourth-order valence-corrected chi connectivity index (χ4v) is 13.6. The molecule has 46 heavy (non-hydrogen) atoms. The van der Waals surface area contributed by atoms with Crippen molar-refractivity contribution in [3.63, 3.8) is 0 Å². The molecule has 2 heterocycles. The topological polar surface area (TPSA) is 118 Å². The molecule has 9 nitrogen and oxygen atoms in total. The normalized spacial score (nSPS) is 51.3. The molecule has 2 aliphatic heterocycles. The summed E-state index contributed by atoms with van der Waals surface area (Å²) in [5.74, 6) is -1.72. The van der Waals surface area contributed by atoms with Crippen LogP contribution in [0.5, 0.6) is 0 Å². The minimum Gasteiger partial charge on any atom is -0.462 e. The van der Waals surface area contributed by atoms with Crippen molar-refractivity contribution in [2.45, 2.75) is 162 Å². The second-order valence-electron chi connectivity index (χ2n) is 17.9. The quantitative estimate of drug-likeness (QED) is 0.289. The predicted molar refractivity (Wildman–Crippen MR) is 167 cm³/mol. The van der Waals surface area contributed by atoms with Crippen molar-refractivity contribution in [1.82, 2.24) is 0 Å². The molecule has 5 aliphatic carbocycles. The first-order valence-corrected chi connectivity index (χ1v) is 17.9. The van der Waals surface area contributed by atoms with Gasteiger partial charge in [-0.2, -0.15) is 0 Å². The zero-order valence-electron chi connectivity index (χ0n) is 29.5. The Hall–Kier alpha value is -1.71. The number of hydrogen-bond donors (Lipinski definition) is 1. The molecule has 1 N–H and O–H groups in total. The Bertz CT molecular complexity index is 1340. The van der Waals surface area contributed by atoms with E-state index in [-0.39, 0.29) is 46.1 Å². The SMILES string of the molecule is CCC(=O)O[C@H]1CC[C@]23C[C@]24CC[C@]25CO[C@@]6(C(C)(C)O)CC[C@](C)(O6)[C@H]2[C@@H](OC(C)=O)[C@@H](OC(C)=O)[C@@]5(C)[C@@H]4CC[C@H]3C1(C)C. The van der Waals surface area contributed by atoms with Gasteiger partial charge in [-0.3, -0.25) is 14.4 Å². The minimum atomic E-state index is -1.25. The molecule has 12 atom stereocenters. The average Bonchev–Trinajstić information content (AvgIpc) is 3.44. The van der Waals surface area contributed by atoms with Gasteiger partial charge in [0.1, 0.15) is 23.9 Å². The number of carbonyl (C=O) groups excluding carboxylic acids is 3. The molecule has 7 aliphatic rings. The first kappa shape index (κ1) is 32.8. The number of esters is 3. The second-order valence-corrected chi connectivity index (χ2v) is 17.9. The van der Waals surface area contributed by atoms with Gasteiger partial charge in [-0.1, -0.05) is 27.7 Å². The van der Waals surface area contributed by atoms with Gasteiger partial charge in [-0.15, -0.1) is 0 Å². The fraction of sp³-hybridized carbons (Fsp3) is 0.919. The van der Waals surface area contributed by atoms with E-state index in [1.165, 1.54) is 13.8 Å². The van der Waals surface area contributed by atoms with Crippen molar-refractivity contribution in [2.75, 3.05) is 6.61 Å². The van der Waals surface area contributed by atoms with E-state index in [1.807, 2.05) is 6.92 Å². The summed E-state index contributed by atoms with van der Waals surface area (Å²) < 4.78 is 32.6. The summed E-state index contributed by atoms with van der Waals surface area (Å²) in [6.45, 7) is 17.6. The molecule has 0 amide bonds. The summed E-state index contributed by atoms with van der Waals surface area (Å²) >= 11 is 0. The Kier molecular flexibility index (Phi) is 6.93. The van der Waals surface area contributed by atoms with Gasteiger partial charge in [0, 0.05) is 48.9 Å². The number of hydrogen-bond acceptors (Lipinski definition) is 9. The van der Waals surface area contributed by atoms with E-state index >= 15 is 0 Å². The molecule has 0 unspecified atom stereocenters. The van der Waals surface area contributed by atoms with Crippen molar-refractivity contribution in [3.05, 3.63) is 0 Å². The first-order valence-electron chi connectivity index (χ1n) is 17.9. The largest absolute Gasteiger partial charge is 0.462 e. The van der Waals surface area contributed by atoms with Crippen LogP contribution < -0.4 is 0 Å². The number of aliphatic hydroxyl groups is 1. The molecular weight excluding hydrogens is 588 g/mol. The van der Waals surface area contributed by atoms with Crippen LogP contribution in [0.15, 0.2) is 0 Å². The Morgan fingerprint density at radius 3 is 2.09 bits per heavy atom. The van der Waals surface area contributed by atoms with Gasteiger partial charge in [0.15, 0.2) is 5.79 Å². The molecule has 258 valence electrons. The van der Waals surface area contributed by atoms with Crippen molar-refractivity contribution in [1.29, 1.82) is 0 Å². The van der Waals surface area contributed by atoms with E-state index in [4.69, 9.17) is 23.7 Å². The average molecular weight is 645 g/mol. The standard InChI is InChI=1S/C37H56O9/c1-10-26(40)45-25-13-14-34-19-35(34)16-17-36-20-42-37(31(6,7)41)18-15-32(8,46-37)28(36)27(43-21(2)38)29(44-22(3)39)33(36,9)24(35)12-11-23(34)30(25,4)5/h23-25,27-29,41H,10-20H2,1-9H3/t23-,24-,25-,27+,28+,29+,32-,33+,34+,35-,36-,37-/m0/s1. The highest BCUT2D eigenvalue weighted by molar-refractivity contribution is 5.69. The highest BCUT2D eigenvalue weighted by Gasteiger charge is 2.88. The third kappa shape index (κ3) is 3.83. The van der Waals surface area contributed by atoms with Crippen molar-refractivity contribution < 1.29 is 43.2 Å². The van der Waals surface area contributed by atoms with Crippen LogP contribution in [0.4, 0.5) is 0 Å². The van der Waals surface area contributed by atoms with Gasteiger partial charge in [-0.05, 0) is 94.8 Å². The second kappa shape index (κ2) is 9.71. The highest BCUT2D eigenvalue weighted by Crippen LogP contribution is 2.90. The Morgan fingerprint density at radius 2 is 1.46 bits per heavy atom. The van der Waals surface area contributed by atoms with Gasteiger partial charge in [0.25, 0.3) is 0 Å². The maximum atomic E-state index is 13.0. The lowest BCUT2D eigenvalue weighted by molar-refractivity contribution is -0.316. The molecule has 9 heteroatoms. The minimum absolute atomic E-state index is 0.0575. The molecule has 0 aromatic heterocycles. The van der Waals surface area contributed by atoms with Gasteiger partial charge in [-0.25, -0.2) is 0 Å². The molecule has 0 radical (unpaired) electrons. The maximum absolute atomic E-state index is 13.0. The van der Waals surface area contributed by atoms with E-state index in [0.717, 1.165) is 44.9 Å². The van der Waals surface area contributed by atoms with E-state index in [2.05, 4.69) is 27.7 Å². The summed E-state index contributed by atoms with van der Waals surface area (Å²) in [4.78, 5) is 38.2. The van der Waals surface area contributed by atoms with Crippen LogP contribution in [-0.4, -0.2) is 64.9 Å². The number of rotatable bonds is 5. The number of carbonyl (C=O) groups is 3. The number of ether oxygens (including phenoxy) is 5. The van der Waals surface area contributed by atoms with Gasteiger partial charge in [0.2, 0.25) is 0 Å². The van der Waals surface area contributed by atoms with Crippen molar-refractivity contribution in [3.8, 4) is 0 Å². The zero-order valence-corrected chi connectivity index (χ0v) is 29.5. The third-order valence-corrected chi connectivity index (χ3v) is 15.4. The van der Waals surface area contributed by atoms with E-state index in [1.54, 1.807) is 13.8 Å². The fourth-order valence-electron chi connectivity index (χ4n) is 13.6. The molecule has 2 bridgehead atoms. The van der Waals surface area contributed by atoms with Crippen LogP contribution >= 0.6 is 0 Å². The third-order valence-electron chi connectivity index (χ3n) is 15.4. The van der Waals surface area contributed by atoms with Crippen LogP contribution in [0.2, 0.25) is 0 Å². The molecule has 2 saturated heterocycles. The Balaban J connectivity index is 1.35. The number of fused-ring (bicyclic) bond motifs is 4. The van der Waals surface area contributed by atoms with E-state index in [9.17, 15) is 19.5 Å². The monoisotopic (exact) mass is 644 g/mol. The van der Waals surface area contributed by atoms with Crippen LogP contribution in [0, 0.1) is 44.8 Å². The van der Waals surface area contributed by atoms with E-state index in [0.29, 0.717) is 31.8 Å². The van der Waals surface area contributed by atoms with Crippen molar-refractivity contribution in [2.24, 2.45) is 44.8 Å². The highest BCUT2D eigenvalue weighted by atomic mass is 16.7. The van der Waals surface area contributed by atoms with E-state index < -0.39 is 46.0 Å². The predicted octanol–water partition coefficient (Wildman–Crippen LogP) is 5.88. The summed E-state index contributed by atoms with van der Waals surface area (Å²) in [5.41, 5.74) is -3.04. The van der Waals surface area contributed by atoms with Crippen LogP contribution in [0.1, 0.15) is 127 Å². The van der Waals surface area contributed by atoms with Crippen LogP contribution in [0.25, 0.3) is 0 Å². The summed E-state index contributed by atoms with van der Waals surface area (Å²) in [6, 6.07) is 0. The molecule has 5 saturated carbocycles. The lowest BCUT2D eigenvalue weighted by atomic mass is 9.41. The smallest absolute Gasteiger partial charge is 0.305 e. The summed E-state index contributed by atoms with van der Waals surface area (Å²) in [5, 5.41) is 11.4. The first-order chi connectivity index (χ1) is 21.3. The lowest BCUT2D eigenvalue weighted by Gasteiger charge is -2.64.